The number of benzene rings is 1. The number of hydrogen-bond acceptors (Lipinski definition) is 5. The van der Waals surface area contributed by atoms with Crippen LogP contribution in [0, 0.1) is 0 Å². The van der Waals surface area contributed by atoms with Gasteiger partial charge in [-0.2, -0.15) is 0 Å². The fourth-order valence-corrected chi connectivity index (χ4v) is 1.47. The number of nitrogen functional groups attached to an aromatic ring is 1. The summed E-state index contributed by atoms with van der Waals surface area (Å²) in [5, 5.41) is 2.71. The summed E-state index contributed by atoms with van der Waals surface area (Å²) in [5.41, 5.74) is 6.37. The quantitative estimate of drug-likeness (QED) is 0.606. The minimum Gasteiger partial charge on any atom is -0.495 e. The van der Waals surface area contributed by atoms with Crippen molar-refractivity contribution in [3.05, 3.63) is 23.8 Å². The van der Waals surface area contributed by atoms with Crippen LogP contribution in [-0.2, 0) is 9.53 Å². The van der Waals surface area contributed by atoms with E-state index in [2.05, 4.69) is 5.32 Å². The van der Waals surface area contributed by atoms with Gasteiger partial charge in [-0.1, -0.05) is 6.92 Å². The van der Waals surface area contributed by atoms with Crippen molar-refractivity contribution in [2.45, 2.75) is 26.3 Å². The largest absolute Gasteiger partial charge is 0.495 e. The molecular weight excluding hydrogens is 260 g/mol. The number of amides is 1. The highest BCUT2D eigenvalue weighted by Gasteiger charge is 2.13. The van der Waals surface area contributed by atoms with Gasteiger partial charge in [0.05, 0.1) is 18.4 Å². The molecule has 0 fully saturated rings. The molecule has 0 saturated heterocycles. The minimum atomic E-state index is -0.595. The Morgan fingerprint density at radius 1 is 1.40 bits per heavy atom. The van der Waals surface area contributed by atoms with Crippen LogP contribution >= 0.6 is 0 Å². The van der Waals surface area contributed by atoms with E-state index in [1.165, 1.54) is 19.2 Å². The third kappa shape index (κ3) is 4.46. The Kier molecular flexibility index (Phi) is 5.83. The fraction of sp³-hybridized carbons (Fsp3) is 0.429. The van der Waals surface area contributed by atoms with E-state index in [9.17, 15) is 9.59 Å². The molecule has 1 unspecified atom stereocenters. The molecule has 1 aromatic carbocycles. The van der Waals surface area contributed by atoms with Gasteiger partial charge in [-0.15, -0.1) is 0 Å². The van der Waals surface area contributed by atoms with Crippen LogP contribution in [0.15, 0.2) is 18.2 Å². The SMILES string of the molecule is CCC(C)NC(=O)COC(=O)c1ccc(N)c(OC)c1. The van der Waals surface area contributed by atoms with Crippen molar-refractivity contribution >= 4 is 17.6 Å². The number of nitrogens with two attached hydrogens (primary N) is 1. The zero-order chi connectivity index (χ0) is 15.1. The average molecular weight is 280 g/mol. The molecule has 1 rings (SSSR count). The third-order valence-corrected chi connectivity index (χ3v) is 2.82. The maximum Gasteiger partial charge on any atom is 0.338 e. The summed E-state index contributed by atoms with van der Waals surface area (Å²) in [4.78, 5) is 23.3. The van der Waals surface area contributed by atoms with Crippen molar-refractivity contribution < 1.29 is 19.1 Å². The van der Waals surface area contributed by atoms with E-state index < -0.39 is 5.97 Å². The van der Waals surface area contributed by atoms with Crippen LogP contribution in [0.4, 0.5) is 5.69 Å². The average Bonchev–Trinajstić information content (AvgIpc) is 2.45. The molecule has 20 heavy (non-hydrogen) atoms. The molecule has 110 valence electrons. The Hall–Kier alpha value is -2.24. The standard InChI is InChI=1S/C14H20N2O4/c1-4-9(2)16-13(17)8-20-14(18)10-5-6-11(15)12(7-10)19-3/h5-7,9H,4,8,15H2,1-3H3,(H,16,17). The lowest BCUT2D eigenvalue weighted by Gasteiger charge is -2.12. The lowest BCUT2D eigenvalue weighted by molar-refractivity contribution is -0.124. The smallest absolute Gasteiger partial charge is 0.338 e. The number of esters is 1. The molecule has 1 amide bonds. The predicted octanol–water partition coefficient (Wildman–Crippen LogP) is 1.35. The second kappa shape index (κ2) is 7.37. The first-order chi connectivity index (χ1) is 9.47. The summed E-state index contributed by atoms with van der Waals surface area (Å²) >= 11 is 0. The minimum absolute atomic E-state index is 0.0535. The van der Waals surface area contributed by atoms with Crippen LogP contribution in [0.3, 0.4) is 0 Å². The third-order valence-electron chi connectivity index (χ3n) is 2.82. The first-order valence-electron chi connectivity index (χ1n) is 6.38. The van der Waals surface area contributed by atoms with E-state index in [0.29, 0.717) is 11.4 Å². The maximum atomic E-state index is 11.8. The van der Waals surface area contributed by atoms with Crippen LogP contribution < -0.4 is 15.8 Å². The van der Waals surface area contributed by atoms with Gasteiger partial charge >= 0.3 is 5.97 Å². The summed E-state index contributed by atoms with van der Waals surface area (Å²) in [6.07, 6.45) is 0.814. The van der Waals surface area contributed by atoms with E-state index in [1.54, 1.807) is 6.07 Å². The zero-order valence-corrected chi connectivity index (χ0v) is 11.9. The van der Waals surface area contributed by atoms with Gasteiger partial charge in [0, 0.05) is 6.04 Å². The molecule has 0 saturated carbocycles. The molecule has 0 spiro atoms. The summed E-state index contributed by atoms with van der Waals surface area (Å²) < 4.78 is 9.94. The van der Waals surface area contributed by atoms with E-state index in [-0.39, 0.29) is 24.1 Å². The van der Waals surface area contributed by atoms with Crippen molar-refractivity contribution in [1.29, 1.82) is 0 Å². The second-order valence-electron chi connectivity index (χ2n) is 4.41. The number of carbonyl (C=O) groups is 2. The molecule has 0 aliphatic rings. The summed E-state index contributed by atoms with van der Waals surface area (Å²) in [7, 11) is 1.46. The van der Waals surface area contributed by atoms with Gasteiger partial charge in [0.1, 0.15) is 5.75 Å². The van der Waals surface area contributed by atoms with Crippen LogP contribution in [0.1, 0.15) is 30.6 Å². The first kappa shape index (κ1) is 15.8. The zero-order valence-electron chi connectivity index (χ0n) is 11.9. The topological polar surface area (TPSA) is 90.7 Å². The highest BCUT2D eigenvalue weighted by molar-refractivity contribution is 5.92. The van der Waals surface area contributed by atoms with Crippen LogP contribution in [0.25, 0.3) is 0 Å². The molecule has 0 heterocycles. The highest BCUT2D eigenvalue weighted by Crippen LogP contribution is 2.22. The first-order valence-corrected chi connectivity index (χ1v) is 6.38. The van der Waals surface area contributed by atoms with E-state index in [4.69, 9.17) is 15.2 Å². The molecule has 0 aliphatic carbocycles. The molecule has 0 aromatic heterocycles. The lowest BCUT2D eigenvalue weighted by Crippen LogP contribution is -2.35. The summed E-state index contributed by atoms with van der Waals surface area (Å²) in [5.74, 6) is -0.527. The fourth-order valence-electron chi connectivity index (χ4n) is 1.47. The number of carbonyl (C=O) groups excluding carboxylic acids is 2. The monoisotopic (exact) mass is 280 g/mol. The summed E-state index contributed by atoms with van der Waals surface area (Å²) in [6.45, 7) is 3.53. The number of nitrogens with one attached hydrogen (secondary N) is 1. The van der Waals surface area contributed by atoms with Crippen molar-refractivity contribution in [2.24, 2.45) is 0 Å². The molecule has 0 aliphatic heterocycles. The second-order valence-corrected chi connectivity index (χ2v) is 4.41. The van der Waals surface area contributed by atoms with Crippen LogP contribution in [0.2, 0.25) is 0 Å². The Morgan fingerprint density at radius 3 is 2.70 bits per heavy atom. The molecule has 0 radical (unpaired) electrons. The molecule has 1 aromatic rings. The Bertz CT molecular complexity index is 488. The van der Waals surface area contributed by atoms with Gasteiger partial charge in [-0.05, 0) is 31.5 Å². The van der Waals surface area contributed by atoms with Gasteiger partial charge in [0.15, 0.2) is 6.61 Å². The van der Waals surface area contributed by atoms with E-state index in [0.717, 1.165) is 6.42 Å². The van der Waals surface area contributed by atoms with Gasteiger partial charge in [-0.3, -0.25) is 4.79 Å². The number of ether oxygens (including phenoxy) is 2. The maximum absolute atomic E-state index is 11.8. The Balaban J connectivity index is 2.57. The number of hydrogen-bond donors (Lipinski definition) is 2. The number of rotatable bonds is 6. The molecule has 3 N–H and O–H groups in total. The number of anilines is 1. The Labute approximate surface area is 118 Å². The van der Waals surface area contributed by atoms with Gasteiger partial charge in [0.25, 0.3) is 5.91 Å². The molecule has 6 heteroatoms. The van der Waals surface area contributed by atoms with Crippen LogP contribution in [-0.4, -0.2) is 31.6 Å². The molecule has 0 bridgehead atoms. The summed E-state index contributed by atoms with van der Waals surface area (Å²) in [6, 6.07) is 4.60. The van der Waals surface area contributed by atoms with Crippen molar-refractivity contribution in [3.63, 3.8) is 0 Å². The molecule has 6 nitrogen and oxygen atoms in total. The van der Waals surface area contributed by atoms with Crippen molar-refractivity contribution in [3.8, 4) is 5.75 Å². The molecule has 1 atom stereocenters. The van der Waals surface area contributed by atoms with Crippen molar-refractivity contribution in [1.82, 2.24) is 5.32 Å². The van der Waals surface area contributed by atoms with Gasteiger partial charge in [0.2, 0.25) is 0 Å². The predicted molar refractivity (Wildman–Crippen MR) is 75.6 cm³/mol. The van der Waals surface area contributed by atoms with Gasteiger partial charge in [-0.25, -0.2) is 4.79 Å². The van der Waals surface area contributed by atoms with Crippen LogP contribution in [0.5, 0.6) is 5.75 Å². The normalized spacial score (nSPS) is 11.6. The lowest BCUT2D eigenvalue weighted by atomic mass is 10.2. The van der Waals surface area contributed by atoms with Crippen molar-refractivity contribution in [2.75, 3.05) is 19.5 Å². The highest BCUT2D eigenvalue weighted by atomic mass is 16.5. The Morgan fingerprint density at radius 2 is 2.10 bits per heavy atom. The van der Waals surface area contributed by atoms with E-state index >= 15 is 0 Å². The number of methoxy groups -OCH3 is 1. The molecular formula is C14H20N2O4. The van der Waals surface area contributed by atoms with E-state index in [1.807, 2.05) is 13.8 Å². The van der Waals surface area contributed by atoms with Gasteiger partial charge < -0.3 is 20.5 Å².